The monoisotopic (exact) mass is 240 g/mol. The summed E-state index contributed by atoms with van der Waals surface area (Å²) in [6.07, 6.45) is -1.16. The van der Waals surface area contributed by atoms with Crippen LogP contribution in [0, 0.1) is 0 Å². The summed E-state index contributed by atoms with van der Waals surface area (Å²) in [5, 5.41) is 3.80. The lowest BCUT2D eigenvalue weighted by Crippen LogP contribution is -2.06. The highest BCUT2D eigenvalue weighted by Crippen LogP contribution is 2.30. The number of nitrogens with zero attached hydrogens (tertiary/aromatic N) is 2. The first-order valence-corrected chi connectivity index (χ1v) is 4.68. The fourth-order valence-corrected chi connectivity index (χ4v) is 1.36. The number of aromatic nitrogens is 2. The van der Waals surface area contributed by atoms with Gasteiger partial charge in [0.25, 0.3) is 0 Å². The lowest BCUT2D eigenvalue weighted by atomic mass is 10.2. The van der Waals surface area contributed by atoms with E-state index >= 15 is 0 Å². The van der Waals surface area contributed by atoms with Crippen molar-refractivity contribution >= 4 is 6.29 Å². The largest absolute Gasteiger partial charge is 0.416 e. The van der Waals surface area contributed by atoms with Crippen molar-refractivity contribution in [3.63, 3.8) is 0 Å². The molecule has 0 saturated heterocycles. The predicted octanol–water partition coefficient (Wildman–Crippen LogP) is 2.70. The first kappa shape index (κ1) is 11.4. The molecule has 0 atom stereocenters. The number of aldehydes is 1. The van der Waals surface area contributed by atoms with E-state index in [1.807, 2.05) is 0 Å². The van der Waals surface area contributed by atoms with Gasteiger partial charge >= 0.3 is 6.18 Å². The van der Waals surface area contributed by atoms with Crippen LogP contribution in [-0.2, 0) is 6.18 Å². The molecule has 0 aliphatic heterocycles. The van der Waals surface area contributed by atoms with E-state index in [1.165, 1.54) is 29.2 Å². The number of alkyl halides is 3. The molecule has 0 spiro atoms. The normalized spacial score (nSPS) is 11.5. The van der Waals surface area contributed by atoms with Gasteiger partial charge in [0.2, 0.25) is 0 Å². The summed E-state index contributed by atoms with van der Waals surface area (Å²) in [6, 6.07) is 4.73. The second-order valence-corrected chi connectivity index (χ2v) is 3.38. The molecule has 2 aromatic rings. The molecule has 0 amide bonds. The summed E-state index contributed by atoms with van der Waals surface area (Å²) in [7, 11) is 0. The van der Waals surface area contributed by atoms with Gasteiger partial charge < -0.3 is 0 Å². The molecule has 0 bridgehead atoms. The van der Waals surface area contributed by atoms with Crippen LogP contribution in [0.5, 0.6) is 0 Å². The Morgan fingerprint density at radius 2 is 2.06 bits per heavy atom. The summed E-state index contributed by atoms with van der Waals surface area (Å²) >= 11 is 0. The van der Waals surface area contributed by atoms with E-state index in [0.29, 0.717) is 11.8 Å². The highest BCUT2D eigenvalue weighted by molar-refractivity contribution is 5.73. The van der Waals surface area contributed by atoms with Crippen LogP contribution in [0.3, 0.4) is 0 Å². The molecule has 0 aliphatic carbocycles. The molecule has 1 aromatic carbocycles. The van der Waals surface area contributed by atoms with Gasteiger partial charge in [-0.1, -0.05) is 6.07 Å². The van der Waals surface area contributed by atoms with Crippen molar-refractivity contribution in [2.45, 2.75) is 6.18 Å². The number of carbonyl (C=O) groups excluding carboxylic acids is 1. The zero-order valence-corrected chi connectivity index (χ0v) is 8.48. The maximum Gasteiger partial charge on any atom is 0.416 e. The van der Waals surface area contributed by atoms with Crippen molar-refractivity contribution in [1.82, 2.24) is 9.78 Å². The number of benzene rings is 1. The second kappa shape index (κ2) is 4.04. The first-order chi connectivity index (χ1) is 8.00. The van der Waals surface area contributed by atoms with E-state index in [1.54, 1.807) is 0 Å². The highest BCUT2D eigenvalue weighted by Gasteiger charge is 2.30. The van der Waals surface area contributed by atoms with Crippen LogP contribution in [0.15, 0.2) is 36.7 Å². The van der Waals surface area contributed by atoms with Crippen molar-refractivity contribution in [2.24, 2.45) is 0 Å². The second-order valence-electron chi connectivity index (χ2n) is 3.38. The number of halogens is 3. The van der Waals surface area contributed by atoms with Gasteiger partial charge in [-0.05, 0) is 18.2 Å². The summed E-state index contributed by atoms with van der Waals surface area (Å²) in [5.41, 5.74) is -0.187. The Morgan fingerprint density at radius 1 is 1.29 bits per heavy atom. The molecule has 1 aromatic heterocycles. The highest BCUT2D eigenvalue weighted by atomic mass is 19.4. The summed E-state index contributed by atoms with van der Waals surface area (Å²) < 4.78 is 38.6. The summed E-state index contributed by atoms with van der Waals surface area (Å²) in [6.45, 7) is 0. The molecule has 6 heteroatoms. The average Bonchev–Trinajstić information content (AvgIpc) is 2.76. The van der Waals surface area contributed by atoms with E-state index in [-0.39, 0.29) is 5.69 Å². The van der Waals surface area contributed by atoms with Crippen LogP contribution < -0.4 is 0 Å². The molecular formula is C11H7F3N2O. The molecule has 2 rings (SSSR count). The van der Waals surface area contributed by atoms with Crippen LogP contribution in [0.2, 0.25) is 0 Å². The van der Waals surface area contributed by atoms with E-state index in [0.717, 1.165) is 12.1 Å². The maximum atomic E-state index is 12.5. The van der Waals surface area contributed by atoms with E-state index in [9.17, 15) is 18.0 Å². The fourth-order valence-electron chi connectivity index (χ4n) is 1.36. The van der Waals surface area contributed by atoms with Gasteiger partial charge in [0, 0.05) is 6.20 Å². The van der Waals surface area contributed by atoms with Crippen LogP contribution >= 0.6 is 0 Å². The Hall–Kier alpha value is -2.11. The molecule has 1 heterocycles. The van der Waals surface area contributed by atoms with Gasteiger partial charge in [-0.25, -0.2) is 4.68 Å². The molecule has 88 valence electrons. The summed E-state index contributed by atoms with van der Waals surface area (Å²) in [5.74, 6) is 0. The van der Waals surface area contributed by atoms with Gasteiger partial charge in [0.05, 0.1) is 23.0 Å². The standard InChI is InChI=1S/C11H7F3N2O/c12-11(13,14)9-2-1-3-10(4-9)16-6-8(7-17)5-15-16/h1-7H. The fraction of sp³-hybridized carbons (Fsp3) is 0.0909. The third-order valence-electron chi connectivity index (χ3n) is 2.18. The van der Waals surface area contributed by atoms with Crippen molar-refractivity contribution < 1.29 is 18.0 Å². The van der Waals surface area contributed by atoms with Crippen molar-refractivity contribution in [3.8, 4) is 5.69 Å². The van der Waals surface area contributed by atoms with Gasteiger partial charge in [-0.2, -0.15) is 18.3 Å². The number of carbonyl (C=O) groups is 1. The number of hydrogen-bond donors (Lipinski definition) is 0. The number of hydrogen-bond acceptors (Lipinski definition) is 2. The molecule has 0 saturated carbocycles. The summed E-state index contributed by atoms with van der Waals surface area (Å²) in [4.78, 5) is 10.4. The quantitative estimate of drug-likeness (QED) is 0.756. The SMILES string of the molecule is O=Cc1cnn(-c2cccc(C(F)(F)F)c2)c1. The topological polar surface area (TPSA) is 34.9 Å². The molecule has 0 radical (unpaired) electrons. The third-order valence-corrected chi connectivity index (χ3v) is 2.18. The van der Waals surface area contributed by atoms with Gasteiger partial charge in [-0.15, -0.1) is 0 Å². The zero-order chi connectivity index (χ0) is 12.5. The Bertz CT molecular complexity index is 546. The predicted molar refractivity (Wildman–Crippen MR) is 54.0 cm³/mol. The molecular weight excluding hydrogens is 233 g/mol. The van der Waals surface area contributed by atoms with Crippen molar-refractivity contribution in [3.05, 3.63) is 47.8 Å². The maximum absolute atomic E-state index is 12.5. The Balaban J connectivity index is 2.42. The van der Waals surface area contributed by atoms with E-state index < -0.39 is 11.7 Å². The lowest BCUT2D eigenvalue weighted by molar-refractivity contribution is -0.137. The third kappa shape index (κ3) is 2.35. The Kier molecular flexibility index (Phi) is 2.71. The van der Waals surface area contributed by atoms with E-state index in [2.05, 4.69) is 5.10 Å². The first-order valence-electron chi connectivity index (χ1n) is 4.68. The van der Waals surface area contributed by atoms with Crippen LogP contribution in [0.4, 0.5) is 13.2 Å². The van der Waals surface area contributed by atoms with Crippen molar-refractivity contribution in [1.29, 1.82) is 0 Å². The smallest absolute Gasteiger partial charge is 0.298 e. The van der Waals surface area contributed by atoms with Gasteiger partial charge in [0.15, 0.2) is 6.29 Å². The minimum absolute atomic E-state index is 0.257. The van der Waals surface area contributed by atoms with E-state index in [4.69, 9.17) is 0 Å². The van der Waals surface area contributed by atoms with Crippen LogP contribution in [0.25, 0.3) is 5.69 Å². The number of rotatable bonds is 2. The minimum atomic E-state index is -4.39. The molecule has 0 aliphatic rings. The minimum Gasteiger partial charge on any atom is -0.298 e. The molecule has 3 nitrogen and oxygen atoms in total. The van der Waals surface area contributed by atoms with Crippen LogP contribution in [0.1, 0.15) is 15.9 Å². The van der Waals surface area contributed by atoms with Crippen molar-refractivity contribution in [2.75, 3.05) is 0 Å². The van der Waals surface area contributed by atoms with Gasteiger partial charge in [-0.3, -0.25) is 4.79 Å². The Labute approximate surface area is 94.5 Å². The lowest BCUT2D eigenvalue weighted by Gasteiger charge is -2.08. The molecule has 0 N–H and O–H groups in total. The van der Waals surface area contributed by atoms with Gasteiger partial charge in [0.1, 0.15) is 0 Å². The Morgan fingerprint density at radius 3 is 2.65 bits per heavy atom. The molecule has 0 unspecified atom stereocenters. The average molecular weight is 240 g/mol. The van der Waals surface area contributed by atoms with Crippen LogP contribution in [-0.4, -0.2) is 16.1 Å². The molecule has 17 heavy (non-hydrogen) atoms. The zero-order valence-electron chi connectivity index (χ0n) is 8.48. The molecule has 0 fully saturated rings.